The number of hydrogen-bond acceptors (Lipinski definition) is 5. The Bertz CT molecular complexity index is 1040. The standard InChI is InChI=1S/C21H20N4O3/c1-13-5-3-7-17(9-13)23-21(27)16-11-19(26)25(12-16)18-8-4-6-15(10-18)20-22-14(2)28-24-20/h3-10,16H,11-12H2,1-2H3,(H,23,27)/t16-/m0/s1. The Morgan fingerprint density at radius 3 is 2.75 bits per heavy atom. The summed E-state index contributed by atoms with van der Waals surface area (Å²) in [6, 6.07) is 15.0. The van der Waals surface area contributed by atoms with Gasteiger partial charge in [-0.05, 0) is 36.8 Å². The van der Waals surface area contributed by atoms with Gasteiger partial charge in [0, 0.05) is 36.8 Å². The first-order valence-electron chi connectivity index (χ1n) is 9.08. The summed E-state index contributed by atoms with van der Waals surface area (Å²) >= 11 is 0. The zero-order valence-electron chi connectivity index (χ0n) is 15.7. The molecule has 1 aromatic heterocycles. The first-order valence-corrected chi connectivity index (χ1v) is 9.08. The summed E-state index contributed by atoms with van der Waals surface area (Å²) in [5, 5.41) is 6.82. The number of anilines is 2. The van der Waals surface area contributed by atoms with Crippen LogP contribution in [0.1, 0.15) is 17.9 Å². The van der Waals surface area contributed by atoms with Gasteiger partial charge in [0.15, 0.2) is 0 Å². The molecule has 2 aromatic carbocycles. The molecule has 0 radical (unpaired) electrons. The SMILES string of the molecule is Cc1cccc(NC(=O)[C@H]2CC(=O)N(c3cccc(-c4noc(C)n4)c3)C2)c1. The number of carbonyl (C=O) groups is 2. The molecule has 1 N–H and O–H groups in total. The van der Waals surface area contributed by atoms with Crippen molar-refractivity contribution in [3.05, 3.63) is 60.0 Å². The fraction of sp³-hybridized carbons (Fsp3) is 0.238. The van der Waals surface area contributed by atoms with Crippen molar-refractivity contribution < 1.29 is 14.1 Å². The summed E-state index contributed by atoms with van der Waals surface area (Å²) < 4.78 is 5.02. The van der Waals surface area contributed by atoms with Crippen molar-refractivity contribution in [2.45, 2.75) is 20.3 Å². The number of nitrogens with zero attached hydrogens (tertiary/aromatic N) is 3. The Morgan fingerprint density at radius 2 is 2.00 bits per heavy atom. The number of aromatic nitrogens is 2. The Hall–Kier alpha value is -3.48. The van der Waals surface area contributed by atoms with Crippen LogP contribution in [-0.2, 0) is 9.59 Å². The maximum Gasteiger partial charge on any atom is 0.229 e. The highest BCUT2D eigenvalue weighted by Gasteiger charge is 2.35. The molecule has 7 nitrogen and oxygen atoms in total. The Kier molecular flexibility index (Phi) is 4.65. The van der Waals surface area contributed by atoms with Crippen molar-refractivity contribution in [3.8, 4) is 11.4 Å². The smallest absolute Gasteiger partial charge is 0.229 e. The number of aryl methyl sites for hydroxylation is 2. The van der Waals surface area contributed by atoms with E-state index in [9.17, 15) is 9.59 Å². The van der Waals surface area contributed by atoms with Gasteiger partial charge in [-0.15, -0.1) is 0 Å². The monoisotopic (exact) mass is 376 g/mol. The molecule has 3 aromatic rings. The summed E-state index contributed by atoms with van der Waals surface area (Å²) in [6.45, 7) is 4.03. The molecular formula is C21H20N4O3. The van der Waals surface area contributed by atoms with Gasteiger partial charge in [0.1, 0.15) is 0 Å². The van der Waals surface area contributed by atoms with Crippen LogP contribution in [0.4, 0.5) is 11.4 Å². The van der Waals surface area contributed by atoms with Gasteiger partial charge < -0.3 is 14.7 Å². The van der Waals surface area contributed by atoms with Gasteiger partial charge in [0.25, 0.3) is 0 Å². The van der Waals surface area contributed by atoms with Crippen LogP contribution in [0.25, 0.3) is 11.4 Å². The highest BCUT2D eigenvalue weighted by atomic mass is 16.5. The molecule has 142 valence electrons. The lowest BCUT2D eigenvalue weighted by Crippen LogP contribution is -2.28. The minimum absolute atomic E-state index is 0.0779. The summed E-state index contributed by atoms with van der Waals surface area (Å²) in [4.78, 5) is 31.0. The fourth-order valence-corrected chi connectivity index (χ4v) is 3.33. The van der Waals surface area contributed by atoms with Gasteiger partial charge in [-0.1, -0.05) is 29.4 Å². The van der Waals surface area contributed by atoms with Crippen LogP contribution < -0.4 is 10.2 Å². The van der Waals surface area contributed by atoms with Crippen LogP contribution in [0.15, 0.2) is 53.1 Å². The van der Waals surface area contributed by atoms with Crippen LogP contribution in [-0.4, -0.2) is 28.5 Å². The maximum atomic E-state index is 12.6. The predicted molar refractivity (Wildman–Crippen MR) is 105 cm³/mol. The van der Waals surface area contributed by atoms with Crippen molar-refractivity contribution >= 4 is 23.2 Å². The van der Waals surface area contributed by atoms with Gasteiger partial charge in [0.2, 0.25) is 23.5 Å². The van der Waals surface area contributed by atoms with E-state index in [4.69, 9.17) is 4.52 Å². The zero-order chi connectivity index (χ0) is 19.7. The molecule has 7 heteroatoms. The molecule has 0 bridgehead atoms. The number of carbonyl (C=O) groups excluding carboxylic acids is 2. The summed E-state index contributed by atoms with van der Waals surface area (Å²) in [6.07, 6.45) is 0.184. The molecule has 1 saturated heterocycles. The van der Waals surface area contributed by atoms with E-state index in [0.717, 1.165) is 22.5 Å². The number of amides is 2. The van der Waals surface area contributed by atoms with E-state index in [1.807, 2.05) is 55.5 Å². The Labute approximate surface area is 162 Å². The molecule has 0 saturated carbocycles. The zero-order valence-corrected chi connectivity index (χ0v) is 15.7. The van der Waals surface area contributed by atoms with Crippen molar-refractivity contribution in [2.24, 2.45) is 5.92 Å². The molecule has 2 heterocycles. The van der Waals surface area contributed by atoms with Gasteiger partial charge >= 0.3 is 0 Å². The summed E-state index contributed by atoms with van der Waals surface area (Å²) in [7, 11) is 0. The number of nitrogens with one attached hydrogen (secondary N) is 1. The van der Waals surface area contributed by atoms with Gasteiger partial charge in [-0.3, -0.25) is 9.59 Å². The molecule has 0 unspecified atom stereocenters. The average molecular weight is 376 g/mol. The molecule has 1 fully saturated rings. The van der Waals surface area contributed by atoms with Gasteiger partial charge in [-0.2, -0.15) is 4.98 Å². The van der Waals surface area contributed by atoms with E-state index in [1.54, 1.807) is 11.8 Å². The number of benzene rings is 2. The highest BCUT2D eigenvalue weighted by molar-refractivity contribution is 6.03. The van der Waals surface area contributed by atoms with E-state index < -0.39 is 5.92 Å². The van der Waals surface area contributed by atoms with E-state index in [1.165, 1.54) is 0 Å². The van der Waals surface area contributed by atoms with Crippen LogP contribution in [0, 0.1) is 19.8 Å². The molecule has 4 rings (SSSR count). The molecule has 0 spiro atoms. The minimum Gasteiger partial charge on any atom is -0.339 e. The maximum absolute atomic E-state index is 12.6. The first-order chi connectivity index (χ1) is 13.5. The van der Waals surface area contributed by atoms with Crippen molar-refractivity contribution in [2.75, 3.05) is 16.8 Å². The van der Waals surface area contributed by atoms with Crippen molar-refractivity contribution in [3.63, 3.8) is 0 Å². The van der Waals surface area contributed by atoms with E-state index in [2.05, 4.69) is 15.5 Å². The van der Waals surface area contributed by atoms with Crippen LogP contribution >= 0.6 is 0 Å². The highest BCUT2D eigenvalue weighted by Crippen LogP contribution is 2.29. The molecule has 1 aliphatic rings. The lowest BCUT2D eigenvalue weighted by Gasteiger charge is -2.17. The third-order valence-corrected chi connectivity index (χ3v) is 4.73. The normalized spacial score (nSPS) is 16.4. The number of hydrogen-bond donors (Lipinski definition) is 1. The predicted octanol–water partition coefficient (Wildman–Crippen LogP) is 3.35. The summed E-state index contributed by atoms with van der Waals surface area (Å²) in [5.41, 5.74) is 3.28. The van der Waals surface area contributed by atoms with Crippen LogP contribution in [0.5, 0.6) is 0 Å². The third-order valence-electron chi connectivity index (χ3n) is 4.73. The quantitative estimate of drug-likeness (QED) is 0.754. The molecule has 2 amide bonds. The minimum atomic E-state index is -0.399. The molecular weight excluding hydrogens is 356 g/mol. The fourth-order valence-electron chi connectivity index (χ4n) is 3.33. The lowest BCUT2D eigenvalue weighted by atomic mass is 10.1. The van der Waals surface area contributed by atoms with Crippen LogP contribution in [0.2, 0.25) is 0 Å². The molecule has 0 aliphatic carbocycles. The second-order valence-corrected chi connectivity index (χ2v) is 6.95. The van der Waals surface area contributed by atoms with Crippen LogP contribution in [0.3, 0.4) is 0 Å². The largest absolute Gasteiger partial charge is 0.339 e. The van der Waals surface area contributed by atoms with E-state index >= 15 is 0 Å². The second kappa shape index (κ2) is 7.26. The molecule has 1 aliphatic heterocycles. The van der Waals surface area contributed by atoms with Gasteiger partial charge in [0.05, 0.1) is 5.92 Å². The summed E-state index contributed by atoms with van der Waals surface area (Å²) in [5.74, 6) is 0.326. The van der Waals surface area contributed by atoms with E-state index in [-0.39, 0.29) is 18.2 Å². The van der Waals surface area contributed by atoms with Crippen molar-refractivity contribution in [1.82, 2.24) is 10.1 Å². The number of rotatable bonds is 4. The van der Waals surface area contributed by atoms with Gasteiger partial charge in [-0.25, -0.2) is 0 Å². The molecule has 28 heavy (non-hydrogen) atoms. The Balaban J connectivity index is 1.50. The van der Waals surface area contributed by atoms with Crippen molar-refractivity contribution in [1.29, 1.82) is 0 Å². The third kappa shape index (κ3) is 3.64. The topological polar surface area (TPSA) is 88.3 Å². The lowest BCUT2D eigenvalue weighted by molar-refractivity contribution is -0.122. The second-order valence-electron chi connectivity index (χ2n) is 6.95. The van der Waals surface area contributed by atoms with E-state index in [0.29, 0.717) is 18.3 Å². The Morgan fingerprint density at radius 1 is 1.18 bits per heavy atom. The first kappa shape index (κ1) is 17.9. The molecule has 1 atom stereocenters. The average Bonchev–Trinajstić information content (AvgIpc) is 3.28.